The van der Waals surface area contributed by atoms with Crippen molar-refractivity contribution in [3.8, 4) is 0 Å². The van der Waals surface area contributed by atoms with Crippen molar-refractivity contribution in [3.05, 3.63) is 25.0 Å². The minimum Gasteiger partial charge on any atom is -0.394 e. The van der Waals surface area contributed by atoms with Crippen LogP contribution in [-0.2, 0) is 18.3 Å². The Morgan fingerprint density at radius 1 is 1.17 bits per heavy atom. The third kappa shape index (κ3) is 1.91. The van der Waals surface area contributed by atoms with E-state index >= 15 is 0 Å². The molecular formula is C12H12N5O6P. The van der Waals surface area contributed by atoms with Crippen LogP contribution in [0.1, 0.15) is 6.23 Å². The number of nitrogens with zero attached hydrogens (tertiary/aromatic N) is 5. The SMILES string of the molecule is O=P1(O)O[C@@H]2[C@H](O1)[C@H](CO)O[C@@H]2n1cnc2c1ncn1ccnc21. The fourth-order valence-electron chi connectivity index (χ4n) is 3.18. The topological polar surface area (TPSA) is 133 Å². The van der Waals surface area contributed by atoms with Gasteiger partial charge in [-0.15, -0.1) is 0 Å². The lowest BCUT2D eigenvalue weighted by atomic mass is 10.1. The first kappa shape index (κ1) is 14.5. The number of imidazole rings is 2. The monoisotopic (exact) mass is 353 g/mol. The minimum atomic E-state index is -4.16. The van der Waals surface area contributed by atoms with E-state index in [0.29, 0.717) is 16.8 Å². The number of phosphoric ester groups is 1. The molecule has 126 valence electrons. The minimum absolute atomic E-state index is 0.369. The van der Waals surface area contributed by atoms with Crippen LogP contribution in [0.4, 0.5) is 0 Å². The van der Waals surface area contributed by atoms with E-state index in [2.05, 4.69) is 15.0 Å². The fourth-order valence-corrected chi connectivity index (χ4v) is 4.33. The molecule has 5 heterocycles. The maximum Gasteiger partial charge on any atom is 0.473 e. The van der Waals surface area contributed by atoms with Gasteiger partial charge in [-0.3, -0.25) is 18.0 Å². The van der Waals surface area contributed by atoms with Crippen LogP contribution in [0.3, 0.4) is 0 Å². The molecule has 0 aromatic carbocycles. The molecule has 3 aromatic heterocycles. The molecule has 24 heavy (non-hydrogen) atoms. The van der Waals surface area contributed by atoms with Crippen molar-refractivity contribution in [1.82, 2.24) is 23.9 Å². The molecule has 3 aromatic rings. The quantitative estimate of drug-likeness (QED) is 0.603. The molecule has 5 atom stereocenters. The standard InChI is InChI=1S/C12H12N5O6P/c18-3-6-8-9(23-24(19,20)22-8)12(21-6)17-5-14-7-10-13-1-2-16(10)4-15-11(7)17/h1-2,4-6,8-9,12,18H,3H2,(H,19,20)/t6-,8+,9+,12-/m0/s1. The number of aromatic nitrogens is 5. The van der Waals surface area contributed by atoms with Gasteiger partial charge in [0.1, 0.15) is 24.6 Å². The van der Waals surface area contributed by atoms with Crippen LogP contribution >= 0.6 is 7.82 Å². The van der Waals surface area contributed by atoms with Gasteiger partial charge in [-0.2, -0.15) is 0 Å². The molecule has 2 saturated heterocycles. The van der Waals surface area contributed by atoms with Crippen LogP contribution in [-0.4, -0.2) is 58.8 Å². The smallest absolute Gasteiger partial charge is 0.394 e. The van der Waals surface area contributed by atoms with Gasteiger partial charge in [-0.05, 0) is 0 Å². The van der Waals surface area contributed by atoms with Crippen LogP contribution in [0.2, 0.25) is 0 Å². The van der Waals surface area contributed by atoms with E-state index in [4.69, 9.17) is 13.8 Å². The molecule has 0 aliphatic carbocycles. The molecule has 0 radical (unpaired) electrons. The molecule has 2 N–H and O–H groups in total. The van der Waals surface area contributed by atoms with Crippen molar-refractivity contribution in [1.29, 1.82) is 0 Å². The van der Waals surface area contributed by atoms with E-state index in [0.717, 1.165) is 0 Å². The molecule has 11 nitrogen and oxygen atoms in total. The number of phosphoric acid groups is 1. The van der Waals surface area contributed by atoms with Crippen molar-refractivity contribution in [2.45, 2.75) is 24.5 Å². The Bertz CT molecular complexity index is 987. The van der Waals surface area contributed by atoms with Gasteiger partial charge < -0.3 is 14.7 Å². The highest BCUT2D eigenvalue weighted by Gasteiger charge is 2.57. The molecule has 2 aliphatic rings. The Morgan fingerprint density at radius 2 is 2.00 bits per heavy atom. The Hall–Kier alpha value is -1.88. The van der Waals surface area contributed by atoms with E-state index in [1.54, 1.807) is 27.7 Å². The number of hydrogen-bond acceptors (Lipinski definition) is 8. The number of aliphatic hydroxyl groups is 1. The molecule has 1 unspecified atom stereocenters. The Balaban J connectivity index is 1.63. The fraction of sp³-hybridized carbons (Fsp3) is 0.417. The Labute approximate surface area is 134 Å². The summed E-state index contributed by atoms with van der Waals surface area (Å²) >= 11 is 0. The highest BCUT2D eigenvalue weighted by atomic mass is 31.2. The number of aliphatic hydroxyl groups excluding tert-OH is 1. The van der Waals surface area contributed by atoms with Crippen molar-refractivity contribution >= 4 is 24.6 Å². The van der Waals surface area contributed by atoms with E-state index < -0.39 is 32.4 Å². The molecule has 0 bridgehead atoms. The second-order valence-corrected chi connectivity index (χ2v) is 6.94. The van der Waals surface area contributed by atoms with E-state index in [1.165, 1.54) is 6.33 Å². The van der Waals surface area contributed by atoms with Crippen LogP contribution in [0, 0.1) is 0 Å². The second kappa shape index (κ2) is 4.82. The van der Waals surface area contributed by atoms with Gasteiger partial charge in [-0.1, -0.05) is 0 Å². The Morgan fingerprint density at radius 3 is 2.83 bits per heavy atom. The summed E-state index contributed by atoms with van der Waals surface area (Å²) in [5, 5.41) is 9.44. The largest absolute Gasteiger partial charge is 0.473 e. The molecule has 12 heteroatoms. The third-order valence-corrected chi connectivity index (χ3v) is 5.22. The summed E-state index contributed by atoms with van der Waals surface area (Å²) in [7, 11) is -4.16. The predicted octanol–water partition coefficient (Wildman–Crippen LogP) is -0.147. The average molecular weight is 353 g/mol. The van der Waals surface area contributed by atoms with Gasteiger partial charge in [-0.25, -0.2) is 19.5 Å². The second-order valence-electron chi connectivity index (χ2n) is 5.58. The summed E-state index contributed by atoms with van der Waals surface area (Å²) < 4.78 is 30.9. The highest BCUT2D eigenvalue weighted by molar-refractivity contribution is 7.47. The van der Waals surface area contributed by atoms with Crippen molar-refractivity contribution in [3.63, 3.8) is 0 Å². The van der Waals surface area contributed by atoms with Gasteiger partial charge in [0.05, 0.1) is 12.9 Å². The summed E-state index contributed by atoms with van der Waals surface area (Å²) in [6.45, 7) is -0.369. The van der Waals surface area contributed by atoms with Gasteiger partial charge in [0.15, 0.2) is 23.0 Å². The summed E-state index contributed by atoms with van der Waals surface area (Å²) in [4.78, 5) is 22.5. The number of hydrogen-bond donors (Lipinski definition) is 2. The predicted molar refractivity (Wildman–Crippen MR) is 76.8 cm³/mol. The van der Waals surface area contributed by atoms with Crippen LogP contribution < -0.4 is 0 Å². The number of fused-ring (bicyclic) bond motifs is 4. The lowest BCUT2D eigenvalue weighted by molar-refractivity contribution is -0.0589. The normalized spacial score (nSPS) is 35.9. The van der Waals surface area contributed by atoms with Gasteiger partial charge >= 0.3 is 7.82 Å². The average Bonchev–Trinajstić information content (AvgIpc) is 3.26. The zero-order valence-electron chi connectivity index (χ0n) is 12.0. The number of rotatable bonds is 2. The summed E-state index contributed by atoms with van der Waals surface area (Å²) in [6, 6.07) is 0. The first-order valence-corrected chi connectivity index (χ1v) is 8.67. The van der Waals surface area contributed by atoms with Gasteiger partial charge in [0.2, 0.25) is 0 Å². The molecule has 2 fully saturated rings. The molecule has 2 aliphatic heterocycles. The molecule has 0 saturated carbocycles. The lowest BCUT2D eigenvalue weighted by Crippen LogP contribution is -2.30. The van der Waals surface area contributed by atoms with Gasteiger partial charge in [0, 0.05) is 12.4 Å². The molecular weight excluding hydrogens is 341 g/mol. The van der Waals surface area contributed by atoms with Crippen LogP contribution in [0.25, 0.3) is 16.8 Å². The first-order valence-electron chi connectivity index (χ1n) is 7.17. The summed E-state index contributed by atoms with van der Waals surface area (Å²) in [5.74, 6) is 0. The first-order chi connectivity index (χ1) is 11.6. The van der Waals surface area contributed by atoms with E-state index in [9.17, 15) is 14.6 Å². The van der Waals surface area contributed by atoms with Crippen LogP contribution in [0.15, 0.2) is 25.0 Å². The third-order valence-electron chi connectivity index (χ3n) is 4.20. The maximum absolute atomic E-state index is 11.7. The maximum atomic E-state index is 11.7. The van der Waals surface area contributed by atoms with Crippen molar-refractivity contribution in [2.24, 2.45) is 0 Å². The zero-order chi connectivity index (χ0) is 16.5. The van der Waals surface area contributed by atoms with E-state index in [1.807, 2.05) is 0 Å². The number of ether oxygens (including phenoxy) is 1. The summed E-state index contributed by atoms with van der Waals surface area (Å²) in [6.07, 6.45) is 3.19. The zero-order valence-corrected chi connectivity index (χ0v) is 12.9. The van der Waals surface area contributed by atoms with Crippen molar-refractivity contribution < 1.29 is 28.3 Å². The molecule has 0 amide bonds. The molecule has 5 rings (SSSR count). The van der Waals surface area contributed by atoms with Crippen LogP contribution in [0.5, 0.6) is 0 Å². The van der Waals surface area contributed by atoms with E-state index in [-0.39, 0.29) is 6.61 Å². The Kier molecular flexibility index (Phi) is 2.90. The summed E-state index contributed by atoms with van der Waals surface area (Å²) in [5.41, 5.74) is 1.67. The van der Waals surface area contributed by atoms with Gasteiger partial charge in [0.25, 0.3) is 0 Å². The molecule has 0 spiro atoms. The highest BCUT2D eigenvalue weighted by Crippen LogP contribution is 2.58. The lowest BCUT2D eigenvalue weighted by Gasteiger charge is -2.18. The van der Waals surface area contributed by atoms with Crippen molar-refractivity contribution in [2.75, 3.05) is 6.61 Å².